The van der Waals surface area contributed by atoms with Crippen LogP contribution in [-0.4, -0.2) is 34.9 Å². The molecule has 54 heavy (non-hydrogen) atoms. The molecule has 0 amide bonds. The molecule has 0 unspecified atom stereocenters. The predicted molar refractivity (Wildman–Crippen MR) is 214 cm³/mol. The normalized spacial score (nSPS) is 11.0. The van der Waals surface area contributed by atoms with Gasteiger partial charge in [0.05, 0.1) is 0 Å². The van der Waals surface area contributed by atoms with Gasteiger partial charge in [-0.3, -0.25) is 4.98 Å². The Morgan fingerprint density at radius 3 is 1.06 bits per heavy atom. The molecule has 3 aromatic heterocycles. The summed E-state index contributed by atoms with van der Waals surface area (Å²) in [6.45, 7) is 0. The highest BCUT2D eigenvalue weighted by molar-refractivity contribution is 5.89. The van der Waals surface area contributed by atoms with Crippen LogP contribution >= 0.6 is 0 Å². The molecule has 9 rings (SSSR count). The average molecular weight is 694 g/mol. The van der Waals surface area contributed by atoms with E-state index in [1.807, 2.05) is 146 Å². The zero-order chi connectivity index (χ0) is 36.1. The van der Waals surface area contributed by atoms with Crippen molar-refractivity contribution in [3.05, 3.63) is 188 Å². The Bertz CT molecular complexity index is 2570. The van der Waals surface area contributed by atoms with Gasteiger partial charge in [-0.2, -0.15) is 0 Å². The minimum absolute atomic E-state index is 0.554. The van der Waals surface area contributed by atoms with Gasteiger partial charge < -0.3 is 0 Å². The smallest absolute Gasteiger partial charge is 0.164 e. The van der Waals surface area contributed by atoms with Crippen molar-refractivity contribution in [3.8, 4) is 90.6 Å². The van der Waals surface area contributed by atoms with Crippen LogP contribution in [0.4, 0.5) is 0 Å². The molecule has 0 aliphatic heterocycles. The molecule has 0 spiro atoms. The number of aromatic nitrogens is 7. The van der Waals surface area contributed by atoms with Crippen LogP contribution in [0.1, 0.15) is 0 Å². The van der Waals surface area contributed by atoms with Gasteiger partial charge in [-0.15, -0.1) is 0 Å². The summed E-state index contributed by atoms with van der Waals surface area (Å²) in [4.78, 5) is 34.7. The summed E-state index contributed by atoms with van der Waals surface area (Å²) in [7, 11) is 0. The molecule has 7 heteroatoms. The van der Waals surface area contributed by atoms with Gasteiger partial charge in [-0.25, -0.2) is 29.9 Å². The summed E-state index contributed by atoms with van der Waals surface area (Å²) in [6, 6.07) is 58.7. The van der Waals surface area contributed by atoms with E-state index in [1.54, 1.807) is 6.20 Å². The van der Waals surface area contributed by atoms with Crippen molar-refractivity contribution in [2.75, 3.05) is 0 Å². The second-order valence-corrected chi connectivity index (χ2v) is 12.6. The molecule has 254 valence electrons. The predicted octanol–water partition coefficient (Wildman–Crippen LogP) is 10.8. The molecule has 0 fully saturated rings. The maximum absolute atomic E-state index is 5.12. The zero-order valence-electron chi connectivity index (χ0n) is 29.0. The van der Waals surface area contributed by atoms with Gasteiger partial charge >= 0.3 is 0 Å². The Kier molecular flexibility index (Phi) is 8.77. The number of pyridine rings is 1. The first-order valence-corrected chi connectivity index (χ1v) is 17.7. The molecular formula is C47H31N7. The Balaban J connectivity index is 1.25. The van der Waals surface area contributed by atoms with E-state index in [4.69, 9.17) is 29.9 Å². The average Bonchev–Trinajstić information content (AvgIpc) is 3.27. The molecule has 0 N–H and O–H groups in total. The highest BCUT2D eigenvalue weighted by Gasteiger charge is 2.20. The quantitative estimate of drug-likeness (QED) is 0.156. The molecule has 0 atom stereocenters. The van der Waals surface area contributed by atoms with Crippen LogP contribution in [0.25, 0.3) is 90.6 Å². The van der Waals surface area contributed by atoms with Crippen molar-refractivity contribution >= 4 is 0 Å². The number of nitrogens with zero attached hydrogens (tertiary/aromatic N) is 7. The van der Waals surface area contributed by atoms with Crippen LogP contribution in [0, 0.1) is 0 Å². The van der Waals surface area contributed by atoms with Gasteiger partial charge in [0.2, 0.25) is 0 Å². The lowest BCUT2D eigenvalue weighted by Crippen LogP contribution is -2.02. The zero-order valence-corrected chi connectivity index (χ0v) is 29.0. The lowest BCUT2D eigenvalue weighted by atomic mass is 9.92. The third-order valence-electron chi connectivity index (χ3n) is 9.11. The first kappa shape index (κ1) is 32.4. The topological polar surface area (TPSA) is 90.2 Å². The molecule has 7 nitrogen and oxygen atoms in total. The van der Waals surface area contributed by atoms with Gasteiger partial charge in [0, 0.05) is 51.3 Å². The van der Waals surface area contributed by atoms with Crippen molar-refractivity contribution in [1.29, 1.82) is 0 Å². The van der Waals surface area contributed by atoms with E-state index in [9.17, 15) is 0 Å². The van der Waals surface area contributed by atoms with E-state index in [0.29, 0.717) is 34.9 Å². The summed E-state index contributed by atoms with van der Waals surface area (Å²) >= 11 is 0. The van der Waals surface area contributed by atoms with Crippen molar-refractivity contribution < 1.29 is 0 Å². The molecule has 0 bridgehead atoms. The Morgan fingerprint density at radius 1 is 0.241 bits per heavy atom. The summed E-state index contributed by atoms with van der Waals surface area (Å²) in [5.74, 6) is 3.53. The van der Waals surface area contributed by atoms with Gasteiger partial charge in [-0.05, 0) is 28.8 Å². The minimum atomic E-state index is 0.554. The highest BCUT2D eigenvalue weighted by atomic mass is 15.0. The first-order chi connectivity index (χ1) is 26.8. The molecule has 0 saturated carbocycles. The van der Waals surface area contributed by atoms with Gasteiger partial charge in [0.25, 0.3) is 0 Å². The van der Waals surface area contributed by atoms with E-state index in [1.165, 1.54) is 0 Å². The molecule has 0 aliphatic carbocycles. The van der Waals surface area contributed by atoms with E-state index in [-0.39, 0.29) is 0 Å². The lowest BCUT2D eigenvalue weighted by Gasteiger charge is -2.15. The van der Waals surface area contributed by atoms with E-state index in [0.717, 1.165) is 55.6 Å². The summed E-state index contributed by atoms with van der Waals surface area (Å²) in [6.07, 6.45) is 3.64. The third kappa shape index (κ3) is 6.65. The SMILES string of the molecule is c1ccc(-c2nc(-c3ccccc3)nc(-c3ccccc3-c3ccc(-c4cccnc4)c(-c4nc(-c5ccccc5)nc(-c5ccccc5)n4)c3)n2)cc1. The van der Waals surface area contributed by atoms with Crippen molar-refractivity contribution in [2.45, 2.75) is 0 Å². The Hall–Kier alpha value is -7.51. The van der Waals surface area contributed by atoms with E-state index >= 15 is 0 Å². The Morgan fingerprint density at radius 2 is 0.611 bits per heavy atom. The van der Waals surface area contributed by atoms with Crippen LogP contribution in [0.5, 0.6) is 0 Å². The number of hydrogen-bond donors (Lipinski definition) is 0. The van der Waals surface area contributed by atoms with Gasteiger partial charge in [-0.1, -0.05) is 164 Å². The second-order valence-electron chi connectivity index (χ2n) is 12.6. The summed E-state index contributed by atoms with van der Waals surface area (Å²) in [5, 5.41) is 0. The van der Waals surface area contributed by atoms with Crippen LogP contribution in [0.2, 0.25) is 0 Å². The second kappa shape index (κ2) is 14.6. The van der Waals surface area contributed by atoms with Crippen molar-refractivity contribution in [3.63, 3.8) is 0 Å². The molecule has 0 aliphatic rings. The lowest BCUT2D eigenvalue weighted by molar-refractivity contribution is 1.07. The van der Waals surface area contributed by atoms with Crippen LogP contribution in [0.15, 0.2) is 188 Å². The monoisotopic (exact) mass is 693 g/mol. The number of rotatable bonds is 8. The molecular weight excluding hydrogens is 663 g/mol. The minimum Gasteiger partial charge on any atom is -0.264 e. The number of benzene rings is 6. The van der Waals surface area contributed by atoms with Crippen LogP contribution in [0.3, 0.4) is 0 Å². The highest BCUT2D eigenvalue weighted by Crippen LogP contribution is 2.38. The molecule has 0 radical (unpaired) electrons. The molecule has 9 aromatic rings. The van der Waals surface area contributed by atoms with E-state index < -0.39 is 0 Å². The summed E-state index contributed by atoms with van der Waals surface area (Å²) in [5.41, 5.74) is 9.17. The number of hydrogen-bond acceptors (Lipinski definition) is 7. The first-order valence-electron chi connectivity index (χ1n) is 17.7. The largest absolute Gasteiger partial charge is 0.264 e. The van der Waals surface area contributed by atoms with Gasteiger partial charge in [0.1, 0.15) is 0 Å². The van der Waals surface area contributed by atoms with Crippen LogP contribution < -0.4 is 0 Å². The fourth-order valence-electron chi connectivity index (χ4n) is 6.46. The summed E-state index contributed by atoms with van der Waals surface area (Å²) < 4.78 is 0. The van der Waals surface area contributed by atoms with Gasteiger partial charge in [0.15, 0.2) is 34.9 Å². The fraction of sp³-hybridized carbons (Fsp3) is 0. The maximum Gasteiger partial charge on any atom is 0.164 e. The molecule has 6 aromatic carbocycles. The van der Waals surface area contributed by atoms with E-state index in [2.05, 4.69) is 41.4 Å². The van der Waals surface area contributed by atoms with Crippen molar-refractivity contribution in [1.82, 2.24) is 34.9 Å². The Labute approximate surface area is 312 Å². The third-order valence-corrected chi connectivity index (χ3v) is 9.11. The molecule has 3 heterocycles. The molecule has 0 saturated heterocycles. The van der Waals surface area contributed by atoms with Crippen LogP contribution in [-0.2, 0) is 0 Å². The van der Waals surface area contributed by atoms with Crippen molar-refractivity contribution in [2.24, 2.45) is 0 Å². The standard InChI is InChI=1S/C47H31N7/c1-5-16-32(17-6-1)42-49-43(33-18-7-2-8-19-33)52-46(51-42)40-26-14-13-25-38(40)36-27-28-39(37-24-15-29-48-31-37)41(30-36)47-53-44(34-20-9-3-10-21-34)50-45(54-47)35-22-11-4-12-23-35/h1-31H. The fourth-order valence-corrected chi connectivity index (χ4v) is 6.46. The maximum atomic E-state index is 5.12.